The molecule has 0 fully saturated rings. The van der Waals surface area contributed by atoms with E-state index in [4.69, 9.17) is 9.47 Å². The van der Waals surface area contributed by atoms with Gasteiger partial charge >= 0.3 is 0 Å². The van der Waals surface area contributed by atoms with E-state index in [2.05, 4.69) is 37.3 Å². The molecule has 0 atom stereocenters. The first-order valence-electron chi connectivity index (χ1n) is 5.79. The average molecular weight is 226 g/mol. The third kappa shape index (κ3) is 1.98. The molecular weight excluding hydrogens is 212 g/mol. The van der Waals surface area contributed by atoms with E-state index >= 15 is 0 Å². The Hall–Kier alpha value is -1.96. The Bertz CT molecular complexity index is 529. The summed E-state index contributed by atoms with van der Waals surface area (Å²) in [5.41, 5.74) is 3.63. The molecule has 0 aromatic heterocycles. The van der Waals surface area contributed by atoms with E-state index < -0.39 is 0 Å². The molecule has 2 heteroatoms. The van der Waals surface area contributed by atoms with E-state index in [1.165, 1.54) is 11.1 Å². The largest absolute Gasteiger partial charge is 0.486 e. The third-order valence-corrected chi connectivity index (χ3v) is 2.93. The first-order chi connectivity index (χ1) is 8.33. The summed E-state index contributed by atoms with van der Waals surface area (Å²) in [6.45, 7) is 3.36. The predicted molar refractivity (Wildman–Crippen MR) is 67.6 cm³/mol. The third-order valence-electron chi connectivity index (χ3n) is 2.93. The Labute approximate surface area is 101 Å². The van der Waals surface area contributed by atoms with Crippen molar-refractivity contribution in [1.82, 2.24) is 0 Å². The first-order valence-corrected chi connectivity index (χ1v) is 5.79. The molecule has 2 aromatic rings. The summed E-state index contributed by atoms with van der Waals surface area (Å²) in [5, 5.41) is 0. The number of fused-ring (bicyclic) bond motifs is 1. The van der Waals surface area contributed by atoms with E-state index in [9.17, 15) is 0 Å². The molecular formula is C15H14O2. The Kier molecular flexibility index (Phi) is 2.48. The van der Waals surface area contributed by atoms with Crippen LogP contribution in [-0.2, 0) is 0 Å². The van der Waals surface area contributed by atoms with Crippen molar-refractivity contribution in [3.63, 3.8) is 0 Å². The molecule has 2 nitrogen and oxygen atoms in total. The van der Waals surface area contributed by atoms with Gasteiger partial charge in [0.05, 0.1) is 0 Å². The Morgan fingerprint density at radius 3 is 2.18 bits per heavy atom. The molecule has 17 heavy (non-hydrogen) atoms. The number of hydrogen-bond acceptors (Lipinski definition) is 2. The second-order valence-electron chi connectivity index (χ2n) is 4.22. The van der Waals surface area contributed by atoms with Gasteiger partial charge in [-0.25, -0.2) is 0 Å². The van der Waals surface area contributed by atoms with Crippen LogP contribution >= 0.6 is 0 Å². The molecule has 2 aromatic carbocycles. The standard InChI is InChI=1S/C15H14O2/c1-11-2-4-12(5-3-11)13-6-7-14-15(10-13)17-9-8-16-14/h2-7,10H,8-9H2,1H3. The minimum Gasteiger partial charge on any atom is -0.486 e. The zero-order chi connectivity index (χ0) is 11.7. The number of ether oxygens (including phenoxy) is 2. The molecule has 0 bridgehead atoms. The number of hydrogen-bond donors (Lipinski definition) is 0. The quantitative estimate of drug-likeness (QED) is 0.741. The lowest BCUT2D eigenvalue weighted by atomic mass is 10.0. The van der Waals surface area contributed by atoms with Gasteiger partial charge in [0, 0.05) is 0 Å². The second-order valence-corrected chi connectivity index (χ2v) is 4.22. The van der Waals surface area contributed by atoms with Crippen LogP contribution in [0.1, 0.15) is 5.56 Å². The molecule has 1 aliphatic rings. The van der Waals surface area contributed by atoms with Gasteiger partial charge in [0.2, 0.25) is 0 Å². The molecule has 0 amide bonds. The summed E-state index contributed by atoms with van der Waals surface area (Å²) in [5.74, 6) is 1.68. The molecule has 0 N–H and O–H groups in total. The van der Waals surface area contributed by atoms with Gasteiger partial charge in [0.25, 0.3) is 0 Å². The molecule has 3 rings (SSSR count). The van der Waals surface area contributed by atoms with Crippen LogP contribution < -0.4 is 9.47 Å². The maximum Gasteiger partial charge on any atom is 0.161 e. The van der Waals surface area contributed by atoms with Gasteiger partial charge in [-0.05, 0) is 30.2 Å². The summed E-state index contributed by atoms with van der Waals surface area (Å²) in [7, 11) is 0. The lowest BCUT2D eigenvalue weighted by molar-refractivity contribution is 0.171. The van der Waals surface area contributed by atoms with E-state index in [1.807, 2.05) is 12.1 Å². The molecule has 0 spiro atoms. The maximum atomic E-state index is 5.58. The van der Waals surface area contributed by atoms with Crippen molar-refractivity contribution in [3.05, 3.63) is 48.0 Å². The fourth-order valence-corrected chi connectivity index (χ4v) is 1.97. The van der Waals surface area contributed by atoms with Crippen LogP contribution in [-0.4, -0.2) is 13.2 Å². The first kappa shape index (κ1) is 10.2. The monoisotopic (exact) mass is 226 g/mol. The topological polar surface area (TPSA) is 18.5 Å². The lowest BCUT2D eigenvalue weighted by Gasteiger charge is -2.18. The zero-order valence-electron chi connectivity index (χ0n) is 9.77. The van der Waals surface area contributed by atoms with Gasteiger partial charge in [-0.3, -0.25) is 0 Å². The molecule has 86 valence electrons. The van der Waals surface area contributed by atoms with Crippen LogP contribution in [0.15, 0.2) is 42.5 Å². The van der Waals surface area contributed by atoms with Gasteiger partial charge in [-0.15, -0.1) is 0 Å². The number of rotatable bonds is 1. The van der Waals surface area contributed by atoms with Gasteiger partial charge < -0.3 is 9.47 Å². The molecule has 0 aliphatic carbocycles. The minimum absolute atomic E-state index is 0.629. The van der Waals surface area contributed by atoms with Crippen molar-refractivity contribution in [2.45, 2.75) is 6.92 Å². The molecule has 1 aliphatic heterocycles. The molecule has 1 heterocycles. The minimum atomic E-state index is 0.629. The van der Waals surface area contributed by atoms with Crippen LogP contribution in [0.5, 0.6) is 11.5 Å². The second kappa shape index (κ2) is 4.13. The van der Waals surface area contributed by atoms with Crippen molar-refractivity contribution in [3.8, 4) is 22.6 Å². The van der Waals surface area contributed by atoms with E-state index in [1.54, 1.807) is 0 Å². The van der Waals surface area contributed by atoms with Crippen molar-refractivity contribution in [1.29, 1.82) is 0 Å². The molecule has 0 unspecified atom stereocenters. The van der Waals surface area contributed by atoms with Crippen LogP contribution in [0.2, 0.25) is 0 Å². The van der Waals surface area contributed by atoms with Crippen LogP contribution in [0, 0.1) is 6.92 Å². The van der Waals surface area contributed by atoms with Crippen molar-refractivity contribution >= 4 is 0 Å². The Balaban J connectivity index is 2.01. The maximum absolute atomic E-state index is 5.58. The normalized spacial score (nSPS) is 13.5. The van der Waals surface area contributed by atoms with Crippen molar-refractivity contribution in [2.24, 2.45) is 0 Å². The van der Waals surface area contributed by atoms with E-state index in [-0.39, 0.29) is 0 Å². The molecule has 0 radical (unpaired) electrons. The van der Waals surface area contributed by atoms with Crippen molar-refractivity contribution in [2.75, 3.05) is 13.2 Å². The summed E-state index contributed by atoms with van der Waals surface area (Å²) in [6, 6.07) is 14.6. The molecule has 0 saturated carbocycles. The van der Waals surface area contributed by atoms with Crippen LogP contribution in [0.4, 0.5) is 0 Å². The number of aryl methyl sites for hydroxylation is 1. The highest BCUT2D eigenvalue weighted by Crippen LogP contribution is 2.34. The van der Waals surface area contributed by atoms with Gasteiger partial charge in [-0.1, -0.05) is 35.9 Å². The van der Waals surface area contributed by atoms with Gasteiger partial charge in [0.1, 0.15) is 13.2 Å². The summed E-state index contributed by atoms with van der Waals surface area (Å²) in [6.07, 6.45) is 0. The predicted octanol–water partition coefficient (Wildman–Crippen LogP) is 3.43. The van der Waals surface area contributed by atoms with Crippen molar-refractivity contribution < 1.29 is 9.47 Å². The fourth-order valence-electron chi connectivity index (χ4n) is 1.97. The highest BCUT2D eigenvalue weighted by Gasteiger charge is 2.11. The Morgan fingerprint density at radius 2 is 1.41 bits per heavy atom. The summed E-state index contributed by atoms with van der Waals surface area (Å²) in [4.78, 5) is 0. The highest BCUT2D eigenvalue weighted by molar-refractivity contribution is 5.67. The fraction of sp³-hybridized carbons (Fsp3) is 0.200. The highest BCUT2D eigenvalue weighted by atomic mass is 16.6. The SMILES string of the molecule is Cc1ccc(-c2ccc3c(c2)OCCO3)cc1. The van der Waals surface area contributed by atoms with Crippen LogP contribution in [0.3, 0.4) is 0 Å². The van der Waals surface area contributed by atoms with Crippen LogP contribution in [0.25, 0.3) is 11.1 Å². The van der Waals surface area contributed by atoms with E-state index in [0.29, 0.717) is 13.2 Å². The Morgan fingerprint density at radius 1 is 0.765 bits per heavy atom. The van der Waals surface area contributed by atoms with E-state index in [0.717, 1.165) is 17.1 Å². The summed E-state index contributed by atoms with van der Waals surface area (Å²) < 4.78 is 11.1. The molecule has 0 saturated heterocycles. The number of benzene rings is 2. The smallest absolute Gasteiger partial charge is 0.161 e. The zero-order valence-corrected chi connectivity index (χ0v) is 9.77. The van der Waals surface area contributed by atoms with Gasteiger partial charge in [-0.2, -0.15) is 0 Å². The summed E-state index contributed by atoms with van der Waals surface area (Å²) >= 11 is 0. The van der Waals surface area contributed by atoms with Gasteiger partial charge in [0.15, 0.2) is 11.5 Å². The lowest BCUT2D eigenvalue weighted by Crippen LogP contribution is -2.15. The average Bonchev–Trinajstić information content (AvgIpc) is 2.39.